The van der Waals surface area contributed by atoms with Crippen LogP contribution >= 0.6 is 22.7 Å². The molecule has 0 fully saturated rings. The Morgan fingerprint density at radius 3 is 3.04 bits per heavy atom. The van der Waals surface area contributed by atoms with Crippen molar-refractivity contribution in [1.29, 1.82) is 0 Å². The lowest BCUT2D eigenvalue weighted by Gasteiger charge is -2.26. The van der Waals surface area contributed by atoms with Crippen molar-refractivity contribution in [2.45, 2.75) is 39.2 Å². The molecule has 0 bridgehead atoms. The van der Waals surface area contributed by atoms with Gasteiger partial charge in [-0.3, -0.25) is 4.79 Å². The molecule has 2 aromatic heterocycles. The number of amides is 1. The number of carbonyl (C=O) groups excluding carboxylic acids is 2. The van der Waals surface area contributed by atoms with Crippen LogP contribution in [0.4, 0.5) is 0 Å². The zero-order valence-electron chi connectivity index (χ0n) is 14.2. The third-order valence-corrected chi connectivity index (χ3v) is 7.18. The summed E-state index contributed by atoms with van der Waals surface area (Å²) in [4.78, 5) is 29.3. The van der Waals surface area contributed by atoms with Gasteiger partial charge >= 0.3 is 5.97 Å². The summed E-state index contributed by atoms with van der Waals surface area (Å²) >= 11 is 3.39. The third kappa shape index (κ3) is 3.37. The molecule has 1 aliphatic heterocycles. The van der Waals surface area contributed by atoms with Crippen LogP contribution in [0, 0.1) is 5.92 Å². The number of fused-ring (bicyclic) bond motifs is 2. The standard InChI is InChI=1S/C19H21NO3S2/c1-12-2-3-14-15(11-25-17(14)8-12)19(22)23-10-18(21)20-6-4-16-13(9-20)5-7-24-16/h5,7,11-12H,2-4,6,8-10H2,1H3. The van der Waals surface area contributed by atoms with Crippen LogP contribution in [0.3, 0.4) is 0 Å². The zero-order chi connectivity index (χ0) is 17.4. The molecular weight excluding hydrogens is 354 g/mol. The molecule has 2 aliphatic rings. The molecule has 25 heavy (non-hydrogen) atoms. The Bertz CT molecular complexity index is 807. The van der Waals surface area contributed by atoms with E-state index in [1.54, 1.807) is 27.6 Å². The minimum Gasteiger partial charge on any atom is -0.452 e. The van der Waals surface area contributed by atoms with Crippen molar-refractivity contribution in [3.63, 3.8) is 0 Å². The van der Waals surface area contributed by atoms with Gasteiger partial charge in [0.15, 0.2) is 6.61 Å². The highest BCUT2D eigenvalue weighted by Crippen LogP contribution is 2.33. The fourth-order valence-corrected chi connectivity index (χ4v) is 5.73. The zero-order valence-corrected chi connectivity index (χ0v) is 15.9. The molecule has 4 rings (SSSR count). The van der Waals surface area contributed by atoms with E-state index >= 15 is 0 Å². The van der Waals surface area contributed by atoms with Crippen LogP contribution in [0.1, 0.15) is 44.6 Å². The first-order valence-electron chi connectivity index (χ1n) is 8.71. The van der Waals surface area contributed by atoms with Gasteiger partial charge < -0.3 is 9.64 Å². The summed E-state index contributed by atoms with van der Waals surface area (Å²) in [6.45, 7) is 3.41. The maximum absolute atomic E-state index is 12.4. The van der Waals surface area contributed by atoms with E-state index in [1.165, 1.54) is 15.3 Å². The molecule has 0 saturated carbocycles. The van der Waals surface area contributed by atoms with Crippen LogP contribution in [-0.4, -0.2) is 29.9 Å². The second-order valence-corrected chi connectivity index (χ2v) is 8.87. The highest BCUT2D eigenvalue weighted by molar-refractivity contribution is 7.10. The first-order chi connectivity index (χ1) is 12.1. The average Bonchev–Trinajstić information content (AvgIpc) is 3.24. The van der Waals surface area contributed by atoms with E-state index in [1.807, 2.05) is 5.38 Å². The molecule has 0 radical (unpaired) electrons. The van der Waals surface area contributed by atoms with E-state index in [-0.39, 0.29) is 18.5 Å². The van der Waals surface area contributed by atoms with Crippen molar-refractivity contribution in [1.82, 2.24) is 4.90 Å². The van der Waals surface area contributed by atoms with Crippen molar-refractivity contribution in [2.24, 2.45) is 5.92 Å². The van der Waals surface area contributed by atoms with E-state index < -0.39 is 0 Å². The second-order valence-electron chi connectivity index (χ2n) is 6.91. The molecule has 1 aliphatic carbocycles. The highest BCUT2D eigenvalue weighted by Gasteiger charge is 2.26. The fraction of sp³-hybridized carbons (Fsp3) is 0.474. The molecule has 0 N–H and O–H groups in total. The summed E-state index contributed by atoms with van der Waals surface area (Å²) in [5.74, 6) is 0.217. The Hall–Kier alpha value is -1.66. The van der Waals surface area contributed by atoms with Gasteiger partial charge in [0.2, 0.25) is 0 Å². The Morgan fingerprint density at radius 1 is 1.28 bits per heavy atom. The predicted molar refractivity (Wildman–Crippen MR) is 99.2 cm³/mol. The summed E-state index contributed by atoms with van der Waals surface area (Å²) in [7, 11) is 0. The van der Waals surface area contributed by atoms with E-state index in [4.69, 9.17) is 4.74 Å². The van der Waals surface area contributed by atoms with Crippen molar-refractivity contribution in [3.8, 4) is 0 Å². The van der Waals surface area contributed by atoms with Gasteiger partial charge in [0.05, 0.1) is 5.56 Å². The molecule has 1 amide bonds. The van der Waals surface area contributed by atoms with Crippen LogP contribution in [0.15, 0.2) is 16.8 Å². The lowest BCUT2D eigenvalue weighted by Crippen LogP contribution is -2.38. The summed E-state index contributed by atoms with van der Waals surface area (Å²) in [5, 5.41) is 3.97. The summed E-state index contributed by atoms with van der Waals surface area (Å²) in [6.07, 6.45) is 3.98. The van der Waals surface area contributed by atoms with Crippen molar-refractivity contribution < 1.29 is 14.3 Å². The van der Waals surface area contributed by atoms with Gasteiger partial charge in [0, 0.05) is 28.2 Å². The second kappa shape index (κ2) is 6.92. The molecule has 2 aromatic rings. The Balaban J connectivity index is 1.36. The minimum absolute atomic E-state index is 0.108. The summed E-state index contributed by atoms with van der Waals surface area (Å²) in [6, 6.07) is 2.07. The first-order valence-corrected chi connectivity index (χ1v) is 10.5. The van der Waals surface area contributed by atoms with Gasteiger partial charge in [0.1, 0.15) is 0 Å². The fourth-order valence-electron chi connectivity index (χ4n) is 3.61. The smallest absolute Gasteiger partial charge is 0.339 e. The number of hydrogen-bond donors (Lipinski definition) is 0. The summed E-state index contributed by atoms with van der Waals surface area (Å²) in [5.41, 5.74) is 3.02. The summed E-state index contributed by atoms with van der Waals surface area (Å²) < 4.78 is 5.34. The SMILES string of the molecule is CC1CCc2c(C(=O)OCC(=O)N3CCc4sccc4C3)csc2C1. The van der Waals surface area contributed by atoms with Crippen LogP contribution in [0.2, 0.25) is 0 Å². The average molecular weight is 376 g/mol. The largest absolute Gasteiger partial charge is 0.452 e. The predicted octanol–water partition coefficient (Wildman–Crippen LogP) is 3.68. The Kier molecular flexibility index (Phi) is 4.65. The first kappa shape index (κ1) is 16.8. The molecule has 1 atom stereocenters. The lowest BCUT2D eigenvalue weighted by atomic mass is 9.88. The van der Waals surface area contributed by atoms with E-state index in [9.17, 15) is 9.59 Å². The van der Waals surface area contributed by atoms with Gasteiger partial charge in [-0.05, 0) is 54.2 Å². The van der Waals surface area contributed by atoms with Crippen molar-refractivity contribution in [3.05, 3.63) is 43.3 Å². The van der Waals surface area contributed by atoms with Gasteiger partial charge in [-0.2, -0.15) is 0 Å². The molecular formula is C19H21NO3S2. The molecule has 3 heterocycles. The lowest BCUT2D eigenvalue weighted by molar-refractivity contribution is -0.135. The Labute approximate surface area is 155 Å². The van der Waals surface area contributed by atoms with E-state index in [0.29, 0.717) is 24.6 Å². The number of rotatable bonds is 3. The molecule has 0 saturated heterocycles. The topological polar surface area (TPSA) is 46.6 Å². The molecule has 132 valence electrons. The van der Waals surface area contributed by atoms with E-state index in [2.05, 4.69) is 18.4 Å². The van der Waals surface area contributed by atoms with Gasteiger partial charge in [0.25, 0.3) is 5.91 Å². The number of esters is 1. The van der Waals surface area contributed by atoms with Crippen LogP contribution in [-0.2, 0) is 35.3 Å². The monoisotopic (exact) mass is 375 g/mol. The number of hydrogen-bond acceptors (Lipinski definition) is 5. The molecule has 0 aromatic carbocycles. The van der Waals surface area contributed by atoms with Crippen molar-refractivity contribution in [2.75, 3.05) is 13.2 Å². The van der Waals surface area contributed by atoms with E-state index in [0.717, 1.165) is 31.2 Å². The molecule has 4 nitrogen and oxygen atoms in total. The van der Waals surface area contributed by atoms with Crippen LogP contribution in [0.25, 0.3) is 0 Å². The normalized spacial score (nSPS) is 19.2. The number of carbonyl (C=O) groups is 2. The van der Waals surface area contributed by atoms with Gasteiger partial charge in [-0.1, -0.05) is 6.92 Å². The molecule has 1 unspecified atom stereocenters. The minimum atomic E-state index is -0.353. The van der Waals surface area contributed by atoms with Gasteiger partial charge in [-0.15, -0.1) is 22.7 Å². The van der Waals surface area contributed by atoms with Crippen molar-refractivity contribution >= 4 is 34.6 Å². The molecule has 6 heteroatoms. The van der Waals surface area contributed by atoms with Crippen LogP contribution in [0.5, 0.6) is 0 Å². The maximum Gasteiger partial charge on any atom is 0.339 e. The number of ether oxygens (including phenoxy) is 1. The quantitative estimate of drug-likeness (QED) is 0.769. The molecule has 0 spiro atoms. The maximum atomic E-state index is 12.4. The number of nitrogens with zero attached hydrogens (tertiary/aromatic N) is 1. The van der Waals surface area contributed by atoms with Crippen LogP contribution < -0.4 is 0 Å². The Morgan fingerprint density at radius 2 is 2.16 bits per heavy atom. The number of thiophene rings is 2. The van der Waals surface area contributed by atoms with Gasteiger partial charge in [-0.25, -0.2) is 4.79 Å². The third-order valence-electron chi connectivity index (χ3n) is 5.11. The highest BCUT2D eigenvalue weighted by atomic mass is 32.1.